The van der Waals surface area contributed by atoms with Crippen molar-refractivity contribution in [2.75, 3.05) is 7.11 Å². The van der Waals surface area contributed by atoms with E-state index in [0.717, 1.165) is 12.5 Å². The quantitative estimate of drug-likeness (QED) is 0.590. The molecule has 0 bridgehead atoms. The van der Waals surface area contributed by atoms with Crippen molar-refractivity contribution in [2.45, 2.75) is 18.4 Å². The number of nitrogens with zero attached hydrogens (tertiary/aromatic N) is 2. The Bertz CT molecular complexity index is 488. The number of rotatable bonds is 4. The van der Waals surface area contributed by atoms with E-state index in [1.807, 2.05) is 0 Å². The summed E-state index contributed by atoms with van der Waals surface area (Å²) in [6.45, 7) is 0. The molecule has 0 aliphatic heterocycles. The van der Waals surface area contributed by atoms with Gasteiger partial charge in [-0.2, -0.15) is 0 Å². The summed E-state index contributed by atoms with van der Waals surface area (Å²) in [6, 6.07) is 3.73. The van der Waals surface area contributed by atoms with Crippen LogP contribution in [0.4, 0.5) is 11.4 Å². The van der Waals surface area contributed by atoms with Crippen molar-refractivity contribution in [3.8, 4) is 0 Å². The van der Waals surface area contributed by atoms with Crippen LogP contribution in [0.1, 0.15) is 17.9 Å². The fraction of sp³-hybridized carbons (Fsp3) is 0.400. The van der Waals surface area contributed by atoms with Crippen molar-refractivity contribution < 1.29 is 14.6 Å². The van der Waals surface area contributed by atoms with Crippen LogP contribution in [0, 0.1) is 20.2 Å². The van der Waals surface area contributed by atoms with Crippen LogP contribution >= 0.6 is 0 Å². The first-order valence-corrected chi connectivity index (χ1v) is 5.00. The lowest BCUT2D eigenvalue weighted by Crippen LogP contribution is -1.99. The Hall–Kier alpha value is -2.02. The lowest BCUT2D eigenvalue weighted by molar-refractivity contribution is -0.394. The van der Waals surface area contributed by atoms with Crippen molar-refractivity contribution in [1.82, 2.24) is 0 Å². The number of hydrogen-bond donors (Lipinski definition) is 0. The number of ether oxygens (including phenoxy) is 1. The molecule has 0 N–H and O–H groups in total. The summed E-state index contributed by atoms with van der Waals surface area (Å²) in [5.41, 5.74) is 0.0336. The Morgan fingerprint density at radius 3 is 2.47 bits per heavy atom. The van der Waals surface area contributed by atoms with Crippen LogP contribution in [0.15, 0.2) is 18.2 Å². The molecule has 0 aromatic heterocycles. The molecule has 0 radical (unpaired) electrons. The number of hydrogen-bond acceptors (Lipinski definition) is 5. The highest BCUT2D eigenvalue weighted by molar-refractivity contribution is 5.52. The first kappa shape index (κ1) is 11.5. The van der Waals surface area contributed by atoms with Gasteiger partial charge in [-0.3, -0.25) is 20.2 Å². The van der Waals surface area contributed by atoms with Gasteiger partial charge in [-0.1, -0.05) is 0 Å². The van der Waals surface area contributed by atoms with E-state index in [0.29, 0.717) is 5.56 Å². The highest BCUT2D eigenvalue weighted by atomic mass is 16.6. The number of nitro groups is 2. The third-order valence-electron chi connectivity index (χ3n) is 2.86. The van der Waals surface area contributed by atoms with Gasteiger partial charge in [0.1, 0.15) is 0 Å². The second-order valence-electron chi connectivity index (χ2n) is 3.87. The van der Waals surface area contributed by atoms with Gasteiger partial charge in [-0.05, 0) is 12.5 Å². The molecule has 0 unspecified atom stereocenters. The summed E-state index contributed by atoms with van der Waals surface area (Å²) >= 11 is 0. The topological polar surface area (TPSA) is 95.5 Å². The molecule has 2 atom stereocenters. The van der Waals surface area contributed by atoms with E-state index in [4.69, 9.17) is 4.74 Å². The fourth-order valence-electron chi connectivity index (χ4n) is 1.88. The molecule has 1 aliphatic carbocycles. The van der Waals surface area contributed by atoms with Crippen molar-refractivity contribution >= 4 is 11.4 Å². The predicted molar refractivity (Wildman–Crippen MR) is 57.9 cm³/mol. The summed E-state index contributed by atoms with van der Waals surface area (Å²) in [7, 11) is 1.54. The minimum absolute atomic E-state index is 0.0184. The molecule has 0 heterocycles. The van der Waals surface area contributed by atoms with Crippen molar-refractivity contribution in [1.29, 1.82) is 0 Å². The lowest BCUT2D eigenvalue weighted by atomic mass is 10.1. The normalized spacial score (nSPS) is 22.2. The van der Waals surface area contributed by atoms with Gasteiger partial charge in [0.15, 0.2) is 0 Å². The maximum atomic E-state index is 10.9. The van der Waals surface area contributed by atoms with Gasteiger partial charge in [-0.15, -0.1) is 0 Å². The van der Waals surface area contributed by atoms with Crippen LogP contribution in [0.5, 0.6) is 0 Å². The molecule has 0 saturated heterocycles. The van der Waals surface area contributed by atoms with Gasteiger partial charge >= 0.3 is 0 Å². The second-order valence-corrected chi connectivity index (χ2v) is 3.87. The molecule has 17 heavy (non-hydrogen) atoms. The maximum Gasteiger partial charge on any atom is 0.279 e. The fourth-order valence-corrected chi connectivity index (χ4v) is 1.88. The average Bonchev–Trinajstić information content (AvgIpc) is 3.07. The Kier molecular flexibility index (Phi) is 2.76. The highest BCUT2D eigenvalue weighted by Gasteiger charge is 2.42. The van der Waals surface area contributed by atoms with Gasteiger partial charge in [0.05, 0.1) is 22.0 Å². The monoisotopic (exact) mass is 238 g/mol. The van der Waals surface area contributed by atoms with Crippen LogP contribution in [0.2, 0.25) is 0 Å². The van der Waals surface area contributed by atoms with E-state index >= 15 is 0 Å². The van der Waals surface area contributed by atoms with Gasteiger partial charge in [0.2, 0.25) is 0 Å². The van der Waals surface area contributed by atoms with Crippen LogP contribution in [-0.2, 0) is 4.74 Å². The zero-order valence-corrected chi connectivity index (χ0v) is 9.03. The van der Waals surface area contributed by atoms with E-state index in [9.17, 15) is 20.2 Å². The summed E-state index contributed by atoms with van der Waals surface area (Å²) < 4.78 is 5.08. The van der Waals surface area contributed by atoms with Gasteiger partial charge in [-0.25, -0.2) is 0 Å². The zero-order chi connectivity index (χ0) is 12.6. The third-order valence-corrected chi connectivity index (χ3v) is 2.86. The first-order valence-electron chi connectivity index (χ1n) is 5.00. The Labute approximate surface area is 96.3 Å². The van der Waals surface area contributed by atoms with Gasteiger partial charge < -0.3 is 4.74 Å². The summed E-state index contributed by atoms with van der Waals surface area (Å²) in [6.07, 6.45) is 0.699. The Morgan fingerprint density at radius 1 is 1.29 bits per heavy atom. The Morgan fingerprint density at radius 2 is 2.00 bits per heavy atom. The summed E-state index contributed by atoms with van der Waals surface area (Å²) in [5, 5.41) is 21.4. The second kappa shape index (κ2) is 4.10. The molecule has 90 valence electrons. The molecular weight excluding hydrogens is 228 g/mol. The molecule has 7 heteroatoms. The minimum Gasteiger partial charge on any atom is -0.381 e. The molecule has 7 nitrogen and oxygen atoms in total. The van der Waals surface area contributed by atoms with Crippen molar-refractivity contribution in [2.24, 2.45) is 0 Å². The van der Waals surface area contributed by atoms with E-state index in [2.05, 4.69) is 0 Å². The van der Waals surface area contributed by atoms with Gasteiger partial charge in [0, 0.05) is 24.7 Å². The molecule has 1 aliphatic rings. The molecule has 1 fully saturated rings. The van der Waals surface area contributed by atoms with Crippen molar-refractivity contribution in [3.63, 3.8) is 0 Å². The van der Waals surface area contributed by atoms with Gasteiger partial charge in [0.25, 0.3) is 11.4 Å². The molecule has 0 spiro atoms. The van der Waals surface area contributed by atoms with Crippen LogP contribution in [-0.4, -0.2) is 23.1 Å². The number of non-ortho nitro benzene ring substituents is 1. The van der Waals surface area contributed by atoms with Crippen LogP contribution < -0.4 is 0 Å². The molecule has 1 aromatic carbocycles. The first-order chi connectivity index (χ1) is 8.04. The average molecular weight is 238 g/mol. The third kappa shape index (κ3) is 2.09. The highest BCUT2D eigenvalue weighted by Crippen LogP contribution is 2.46. The number of methoxy groups -OCH3 is 1. The zero-order valence-electron chi connectivity index (χ0n) is 9.03. The van der Waals surface area contributed by atoms with Crippen LogP contribution in [0.3, 0.4) is 0 Å². The van der Waals surface area contributed by atoms with Crippen LogP contribution in [0.25, 0.3) is 0 Å². The minimum atomic E-state index is -0.641. The van der Waals surface area contributed by atoms with E-state index in [1.54, 1.807) is 7.11 Å². The summed E-state index contributed by atoms with van der Waals surface area (Å²) in [4.78, 5) is 20.2. The van der Waals surface area contributed by atoms with E-state index in [1.165, 1.54) is 12.1 Å². The lowest BCUT2D eigenvalue weighted by Gasteiger charge is -2.01. The predicted octanol–water partition coefficient (Wildman–Crippen LogP) is 2.01. The standard InChI is InChI=1S/C10H10N2O5/c1-17-10-5-8(10)7-3-2-6(11(13)14)4-9(7)12(15)16/h2-4,8,10H,5H2,1H3/t8-,10-/m0/s1. The van der Waals surface area contributed by atoms with Crippen molar-refractivity contribution in [3.05, 3.63) is 44.0 Å². The molecule has 0 amide bonds. The maximum absolute atomic E-state index is 10.9. The molecule has 1 saturated carbocycles. The van der Waals surface area contributed by atoms with E-state index in [-0.39, 0.29) is 23.4 Å². The smallest absolute Gasteiger partial charge is 0.279 e. The Balaban J connectivity index is 2.39. The molecule has 2 rings (SSSR count). The summed E-state index contributed by atoms with van der Waals surface area (Å²) in [5.74, 6) is -0.0267. The number of benzene rings is 1. The largest absolute Gasteiger partial charge is 0.381 e. The van der Waals surface area contributed by atoms with E-state index < -0.39 is 9.85 Å². The number of nitro benzene ring substituents is 2. The molecular formula is C10H10N2O5. The SMILES string of the molecule is CO[C@H]1C[C@H]1c1ccc([N+](=O)[O-])cc1[N+](=O)[O-]. The molecule has 1 aromatic rings.